The molecule has 0 aliphatic carbocycles. The summed E-state index contributed by atoms with van der Waals surface area (Å²) in [5.41, 5.74) is 1.10. The van der Waals surface area contributed by atoms with E-state index in [2.05, 4.69) is 40.9 Å². The van der Waals surface area contributed by atoms with Crippen molar-refractivity contribution in [3.8, 4) is 0 Å². The maximum atomic E-state index is 12.2. The molecular formula is C13H18ClIN2O. The second kappa shape index (κ2) is 7.31. The number of rotatable bonds is 2. The Balaban J connectivity index is 0.00000162. The van der Waals surface area contributed by atoms with Crippen LogP contribution in [0.25, 0.3) is 0 Å². The fourth-order valence-electron chi connectivity index (χ4n) is 2.13. The molecule has 1 atom stereocenters. The SMILES string of the molecule is C[C@H]1CNCCN1C(=O)Cc1cccc(I)c1.Cl. The van der Waals surface area contributed by atoms with E-state index in [1.54, 1.807) is 0 Å². The molecule has 0 unspecified atom stereocenters. The lowest BCUT2D eigenvalue weighted by atomic mass is 10.1. The molecule has 1 fully saturated rings. The minimum Gasteiger partial charge on any atom is -0.337 e. The average Bonchev–Trinajstić information content (AvgIpc) is 2.29. The van der Waals surface area contributed by atoms with Crippen LogP contribution in [0.2, 0.25) is 0 Å². The van der Waals surface area contributed by atoms with E-state index in [1.807, 2.05) is 23.1 Å². The first-order chi connectivity index (χ1) is 8.16. The number of amides is 1. The first kappa shape index (κ1) is 15.7. The van der Waals surface area contributed by atoms with E-state index in [0.717, 1.165) is 25.2 Å². The van der Waals surface area contributed by atoms with E-state index >= 15 is 0 Å². The molecule has 3 nitrogen and oxygen atoms in total. The van der Waals surface area contributed by atoms with Crippen LogP contribution in [0.4, 0.5) is 0 Å². The van der Waals surface area contributed by atoms with Crippen LogP contribution >= 0.6 is 35.0 Å². The Morgan fingerprint density at radius 2 is 2.33 bits per heavy atom. The van der Waals surface area contributed by atoms with Gasteiger partial charge in [0.1, 0.15) is 0 Å². The number of piperazine rings is 1. The molecule has 0 spiro atoms. The molecule has 0 saturated carbocycles. The quantitative estimate of drug-likeness (QED) is 0.797. The summed E-state index contributed by atoms with van der Waals surface area (Å²) >= 11 is 2.28. The van der Waals surface area contributed by atoms with E-state index in [1.165, 1.54) is 3.57 Å². The van der Waals surface area contributed by atoms with Gasteiger partial charge >= 0.3 is 0 Å². The van der Waals surface area contributed by atoms with Gasteiger partial charge in [0.05, 0.1) is 6.42 Å². The lowest BCUT2D eigenvalue weighted by Gasteiger charge is -2.34. The average molecular weight is 381 g/mol. The Morgan fingerprint density at radius 1 is 1.56 bits per heavy atom. The van der Waals surface area contributed by atoms with Crippen LogP contribution < -0.4 is 5.32 Å². The maximum Gasteiger partial charge on any atom is 0.227 e. The molecule has 100 valence electrons. The molecule has 1 heterocycles. The highest BCUT2D eigenvalue weighted by Crippen LogP contribution is 2.11. The molecule has 18 heavy (non-hydrogen) atoms. The van der Waals surface area contributed by atoms with Crippen molar-refractivity contribution < 1.29 is 4.79 Å². The van der Waals surface area contributed by atoms with E-state index in [4.69, 9.17) is 0 Å². The first-order valence-corrected chi connectivity index (χ1v) is 6.99. The Bertz CT molecular complexity index is 414. The fourth-order valence-corrected chi connectivity index (χ4v) is 2.74. The van der Waals surface area contributed by atoms with Crippen molar-refractivity contribution in [3.05, 3.63) is 33.4 Å². The van der Waals surface area contributed by atoms with Gasteiger partial charge in [-0.05, 0) is 47.2 Å². The number of hydrogen-bond acceptors (Lipinski definition) is 2. The Kier molecular flexibility index (Phi) is 6.38. The molecule has 1 amide bonds. The van der Waals surface area contributed by atoms with E-state index < -0.39 is 0 Å². The van der Waals surface area contributed by atoms with Gasteiger partial charge in [-0.3, -0.25) is 4.79 Å². The Hall–Kier alpha value is -0.330. The molecule has 2 rings (SSSR count). The molecule has 0 aromatic heterocycles. The smallest absolute Gasteiger partial charge is 0.227 e. The molecule has 1 aromatic rings. The summed E-state index contributed by atoms with van der Waals surface area (Å²) < 4.78 is 1.18. The Morgan fingerprint density at radius 3 is 3.00 bits per heavy atom. The number of carbonyl (C=O) groups excluding carboxylic acids is 1. The number of nitrogens with one attached hydrogen (secondary N) is 1. The highest BCUT2D eigenvalue weighted by Gasteiger charge is 2.22. The third-order valence-electron chi connectivity index (χ3n) is 3.07. The van der Waals surface area contributed by atoms with Crippen LogP contribution in [0.5, 0.6) is 0 Å². The van der Waals surface area contributed by atoms with Gasteiger partial charge in [-0.15, -0.1) is 12.4 Å². The molecule has 5 heteroatoms. The topological polar surface area (TPSA) is 32.3 Å². The van der Waals surface area contributed by atoms with Gasteiger partial charge in [0, 0.05) is 29.2 Å². The second-order valence-corrected chi connectivity index (χ2v) is 5.69. The zero-order valence-electron chi connectivity index (χ0n) is 10.4. The van der Waals surface area contributed by atoms with Crippen molar-refractivity contribution in [3.63, 3.8) is 0 Å². The van der Waals surface area contributed by atoms with Crippen molar-refractivity contribution >= 4 is 40.9 Å². The zero-order valence-corrected chi connectivity index (χ0v) is 13.3. The van der Waals surface area contributed by atoms with Gasteiger partial charge in [0.15, 0.2) is 0 Å². The van der Waals surface area contributed by atoms with Crippen molar-refractivity contribution in [2.45, 2.75) is 19.4 Å². The number of carbonyl (C=O) groups is 1. The van der Waals surface area contributed by atoms with E-state index in [-0.39, 0.29) is 18.3 Å². The number of halogens is 2. The van der Waals surface area contributed by atoms with Gasteiger partial charge in [0.2, 0.25) is 5.91 Å². The predicted octanol–water partition coefficient (Wildman–Crippen LogP) is 2.08. The van der Waals surface area contributed by atoms with Gasteiger partial charge in [-0.25, -0.2) is 0 Å². The zero-order chi connectivity index (χ0) is 12.3. The van der Waals surface area contributed by atoms with Gasteiger partial charge in [0.25, 0.3) is 0 Å². The molecular weight excluding hydrogens is 363 g/mol. The first-order valence-electron chi connectivity index (χ1n) is 5.91. The summed E-state index contributed by atoms with van der Waals surface area (Å²) in [5.74, 6) is 0.237. The van der Waals surface area contributed by atoms with Crippen LogP contribution in [0.1, 0.15) is 12.5 Å². The summed E-state index contributed by atoms with van der Waals surface area (Å²) in [6.07, 6.45) is 0.515. The molecule has 1 aromatic carbocycles. The van der Waals surface area contributed by atoms with Crippen LogP contribution in [0.3, 0.4) is 0 Å². The maximum absolute atomic E-state index is 12.2. The van der Waals surface area contributed by atoms with E-state index in [0.29, 0.717) is 12.5 Å². The lowest BCUT2D eigenvalue weighted by Crippen LogP contribution is -2.52. The van der Waals surface area contributed by atoms with E-state index in [9.17, 15) is 4.79 Å². The number of benzene rings is 1. The highest BCUT2D eigenvalue weighted by atomic mass is 127. The molecule has 1 N–H and O–H groups in total. The summed E-state index contributed by atoms with van der Waals surface area (Å²) in [7, 11) is 0. The van der Waals surface area contributed by atoms with Gasteiger partial charge in [-0.1, -0.05) is 12.1 Å². The Labute approximate surface area is 128 Å². The summed E-state index contributed by atoms with van der Waals surface area (Å²) in [4.78, 5) is 14.2. The monoisotopic (exact) mass is 380 g/mol. The molecule has 0 radical (unpaired) electrons. The summed E-state index contributed by atoms with van der Waals surface area (Å²) in [6.45, 7) is 4.73. The van der Waals surface area contributed by atoms with Crippen LogP contribution in [0, 0.1) is 3.57 Å². The van der Waals surface area contributed by atoms with Crippen molar-refractivity contribution in [1.29, 1.82) is 0 Å². The number of nitrogens with zero attached hydrogens (tertiary/aromatic N) is 1. The lowest BCUT2D eigenvalue weighted by molar-refractivity contribution is -0.133. The third kappa shape index (κ3) is 4.10. The third-order valence-corrected chi connectivity index (χ3v) is 3.74. The second-order valence-electron chi connectivity index (χ2n) is 4.45. The standard InChI is InChI=1S/C13H17IN2O.ClH/c1-10-9-15-5-6-16(10)13(17)8-11-3-2-4-12(14)7-11;/h2-4,7,10,15H,5-6,8-9H2,1H3;1H/t10-;/m0./s1. The summed E-state index contributed by atoms with van der Waals surface area (Å²) in [6, 6.07) is 8.45. The normalized spacial score (nSPS) is 19.2. The van der Waals surface area contributed by atoms with Crippen LogP contribution in [-0.4, -0.2) is 36.5 Å². The van der Waals surface area contributed by atoms with Gasteiger partial charge in [-0.2, -0.15) is 0 Å². The van der Waals surface area contributed by atoms with Crippen LogP contribution in [0.15, 0.2) is 24.3 Å². The summed E-state index contributed by atoms with van der Waals surface area (Å²) in [5, 5.41) is 3.30. The number of hydrogen-bond donors (Lipinski definition) is 1. The fraction of sp³-hybridized carbons (Fsp3) is 0.462. The molecule has 1 aliphatic heterocycles. The minimum atomic E-state index is 0. The van der Waals surface area contributed by atoms with Crippen molar-refractivity contribution in [1.82, 2.24) is 10.2 Å². The van der Waals surface area contributed by atoms with Gasteiger partial charge < -0.3 is 10.2 Å². The molecule has 1 aliphatic rings. The van der Waals surface area contributed by atoms with Crippen molar-refractivity contribution in [2.24, 2.45) is 0 Å². The molecule has 1 saturated heterocycles. The highest BCUT2D eigenvalue weighted by molar-refractivity contribution is 14.1. The molecule has 0 bridgehead atoms. The predicted molar refractivity (Wildman–Crippen MR) is 84.2 cm³/mol. The van der Waals surface area contributed by atoms with Crippen molar-refractivity contribution in [2.75, 3.05) is 19.6 Å². The van der Waals surface area contributed by atoms with Crippen LogP contribution in [-0.2, 0) is 11.2 Å². The largest absolute Gasteiger partial charge is 0.337 e. The minimum absolute atomic E-state index is 0.